The first-order valence-electron chi connectivity index (χ1n) is 12.1. The van der Waals surface area contributed by atoms with Crippen molar-refractivity contribution in [2.24, 2.45) is 4.99 Å². The smallest absolute Gasteiger partial charge is 0.435 e. The van der Waals surface area contributed by atoms with Crippen LogP contribution < -0.4 is 10.4 Å². The third-order valence-corrected chi connectivity index (χ3v) is 6.41. The minimum Gasteiger partial charge on any atom is -0.858 e. The monoisotopic (exact) mass is 576 g/mol. The molecule has 39 heavy (non-hydrogen) atoms. The summed E-state index contributed by atoms with van der Waals surface area (Å²) in [6, 6.07) is 4.11. The second-order valence-electron chi connectivity index (χ2n) is 10.2. The standard InChI is InChI=1S/C25H26ClF6N5O2/c1-23(2,39)12-37-11-17(21(36-37)25(30,31)32)22(38)34-15-5-3-4-14(9-15)33-19-10-20(24(27,28)29)35-18-7-6-13(26)8-16(18)19/h6-8,10-11,14-15,39H,3-5,9,12H2,1-2H3,(H,33,35)(H,34,38)/p-1/t14-,15?/m0/s1. The highest BCUT2D eigenvalue weighted by atomic mass is 35.5. The minimum absolute atomic E-state index is 0.0895. The van der Waals surface area contributed by atoms with Crippen molar-refractivity contribution >= 4 is 34.1 Å². The first-order valence-corrected chi connectivity index (χ1v) is 12.4. The third kappa shape index (κ3) is 7.13. The van der Waals surface area contributed by atoms with Gasteiger partial charge in [-0.05, 0) is 69.7 Å². The molecular formula is C25H25ClF6N5O2-. The molecule has 4 rings (SSSR count). The first-order chi connectivity index (χ1) is 18.0. The van der Waals surface area contributed by atoms with E-state index in [1.165, 1.54) is 32.0 Å². The number of aromatic nitrogens is 3. The molecule has 7 nitrogen and oxygen atoms in total. The van der Waals surface area contributed by atoms with Crippen molar-refractivity contribution in [1.82, 2.24) is 14.8 Å². The molecule has 0 bridgehead atoms. The molecule has 0 amide bonds. The van der Waals surface area contributed by atoms with Crippen molar-refractivity contribution in [3.8, 4) is 0 Å². The van der Waals surface area contributed by atoms with Gasteiger partial charge in [-0.3, -0.25) is 9.67 Å². The molecule has 2 aromatic heterocycles. The normalized spacial score (nSPS) is 19.5. The van der Waals surface area contributed by atoms with Gasteiger partial charge in [0.25, 0.3) is 0 Å². The van der Waals surface area contributed by atoms with E-state index in [0.29, 0.717) is 29.7 Å². The van der Waals surface area contributed by atoms with Crippen LogP contribution in [0.4, 0.5) is 32.0 Å². The minimum atomic E-state index is -4.91. The van der Waals surface area contributed by atoms with Crippen molar-refractivity contribution in [3.63, 3.8) is 0 Å². The summed E-state index contributed by atoms with van der Waals surface area (Å²) in [6.07, 6.45) is -6.98. The summed E-state index contributed by atoms with van der Waals surface area (Å²) in [4.78, 5) is 7.69. The summed E-state index contributed by atoms with van der Waals surface area (Å²) in [5.41, 5.74) is -4.35. The topological polar surface area (TPSA) is 98.4 Å². The van der Waals surface area contributed by atoms with Crippen LogP contribution in [-0.4, -0.2) is 43.5 Å². The van der Waals surface area contributed by atoms with Gasteiger partial charge in [0.15, 0.2) is 5.69 Å². The number of nitrogens with zero attached hydrogens (tertiary/aromatic N) is 4. The van der Waals surface area contributed by atoms with Crippen LogP contribution in [0.1, 0.15) is 56.5 Å². The molecule has 1 unspecified atom stereocenters. The van der Waals surface area contributed by atoms with Crippen molar-refractivity contribution < 1.29 is 36.6 Å². The van der Waals surface area contributed by atoms with E-state index in [-0.39, 0.29) is 24.2 Å². The number of halogens is 7. The summed E-state index contributed by atoms with van der Waals surface area (Å²) in [5.74, 6) is -1.10. The molecule has 0 saturated heterocycles. The number of aliphatic imine (C=N–C) groups is 1. The highest BCUT2D eigenvalue weighted by Crippen LogP contribution is 2.36. The second-order valence-corrected chi connectivity index (χ2v) is 10.6. The average Bonchev–Trinajstić information content (AvgIpc) is 3.22. The van der Waals surface area contributed by atoms with Crippen molar-refractivity contribution in [2.45, 2.75) is 76.1 Å². The summed E-state index contributed by atoms with van der Waals surface area (Å²) < 4.78 is 82.0. The highest BCUT2D eigenvalue weighted by molar-refractivity contribution is 6.31. The van der Waals surface area contributed by atoms with E-state index in [2.05, 4.69) is 20.4 Å². The van der Waals surface area contributed by atoms with E-state index in [4.69, 9.17) is 11.6 Å². The lowest BCUT2D eigenvalue weighted by Gasteiger charge is -2.30. The second kappa shape index (κ2) is 10.5. The van der Waals surface area contributed by atoms with E-state index in [1.54, 1.807) is 0 Å². The fraction of sp³-hybridized carbons (Fsp3) is 0.480. The summed E-state index contributed by atoms with van der Waals surface area (Å²) in [7, 11) is 0. The quantitative estimate of drug-likeness (QED) is 0.232. The van der Waals surface area contributed by atoms with Gasteiger partial charge in [-0.15, -0.1) is 0 Å². The summed E-state index contributed by atoms with van der Waals surface area (Å²) in [5, 5.41) is 30.0. The largest absolute Gasteiger partial charge is 0.858 e. The van der Waals surface area contributed by atoms with Crippen LogP contribution in [0.5, 0.6) is 0 Å². The fourth-order valence-electron chi connectivity index (χ4n) is 4.59. The SMILES string of the molecule is CC(C)(O)Cn1cc(C([O-])=NC2CCC[C@H](Nc3cc(C(F)(F)F)nc4ccc(Cl)cc34)C2)c(C(F)(F)F)n1. The van der Waals surface area contributed by atoms with Gasteiger partial charge in [-0.1, -0.05) is 11.6 Å². The first kappa shape index (κ1) is 28.9. The molecule has 2 heterocycles. The number of nitrogens with one attached hydrogen (secondary N) is 1. The van der Waals surface area contributed by atoms with Crippen LogP contribution in [0.25, 0.3) is 10.9 Å². The Bertz CT molecular complexity index is 1380. The molecule has 0 spiro atoms. The lowest BCUT2D eigenvalue weighted by Crippen LogP contribution is -2.32. The molecule has 14 heteroatoms. The van der Waals surface area contributed by atoms with Crippen LogP contribution in [0.2, 0.25) is 5.02 Å². The number of anilines is 1. The van der Waals surface area contributed by atoms with E-state index >= 15 is 0 Å². The van der Waals surface area contributed by atoms with Gasteiger partial charge in [0.2, 0.25) is 0 Å². The molecule has 212 valence electrons. The fourth-order valence-corrected chi connectivity index (χ4v) is 4.77. The van der Waals surface area contributed by atoms with Gasteiger partial charge < -0.3 is 15.5 Å². The lowest BCUT2D eigenvalue weighted by molar-refractivity contribution is -0.214. The molecular weight excluding hydrogens is 552 g/mol. The zero-order chi connectivity index (χ0) is 28.8. The van der Waals surface area contributed by atoms with E-state index < -0.39 is 52.9 Å². The summed E-state index contributed by atoms with van der Waals surface area (Å²) >= 11 is 6.05. The molecule has 2 N–H and O–H groups in total. The van der Waals surface area contributed by atoms with Gasteiger partial charge in [-0.25, -0.2) is 4.98 Å². The Kier molecular flexibility index (Phi) is 7.78. The Morgan fingerprint density at radius 3 is 2.51 bits per heavy atom. The number of aliphatic hydroxyl groups is 1. The van der Waals surface area contributed by atoms with Crippen molar-refractivity contribution in [1.29, 1.82) is 0 Å². The Balaban J connectivity index is 1.60. The predicted molar refractivity (Wildman–Crippen MR) is 131 cm³/mol. The molecule has 1 aliphatic rings. The Labute approximate surface area is 224 Å². The Morgan fingerprint density at radius 2 is 1.87 bits per heavy atom. The van der Waals surface area contributed by atoms with Gasteiger partial charge >= 0.3 is 12.4 Å². The van der Waals surface area contributed by atoms with Crippen LogP contribution in [0, 0.1) is 0 Å². The van der Waals surface area contributed by atoms with Crippen LogP contribution >= 0.6 is 11.6 Å². The van der Waals surface area contributed by atoms with Gasteiger partial charge in [0, 0.05) is 33.9 Å². The van der Waals surface area contributed by atoms with Crippen LogP contribution in [0.3, 0.4) is 0 Å². The number of alkyl halides is 6. The number of pyridine rings is 1. The van der Waals surface area contributed by atoms with E-state index in [0.717, 1.165) is 16.9 Å². The average molecular weight is 577 g/mol. The molecule has 1 fully saturated rings. The summed E-state index contributed by atoms with van der Waals surface area (Å²) in [6.45, 7) is 2.50. The zero-order valence-corrected chi connectivity index (χ0v) is 21.6. The molecule has 1 saturated carbocycles. The number of hydrogen-bond acceptors (Lipinski definition) is 6. The highest BCUT2D eigenvalue weighted by Gasteiger charge is 2.38. The molecule has 2 atom stereocenters. The van der Waals surface area contributed by atoms with Gasteiger partial charge in [0.1, 0.15) is 5.69 Å². The van der Waals surface area contributed by atoms with Crippen molar-refractivity contribution in [2.75, 3.05) is 5.32 Å². The number of benzene rings is 1. The predicted octanol–water partition coefficient (Wildman–Crippen LogP) is 5.42. The Morgan fingerprint density at radius 1 is 1.15 bits per heavy atom. The maximum atomic E-state index is 13.6. The number of hydrogen-bond donors (Lipinski definition) is 2. The molecule has 1 aromatic carbocycles. The number of fused-ring (bicyclic) bond motifs is 1. The van der Waals surface area contributed by atoms with Crippen molar-refractivity contribution in [3.05, 3.63) is 52.4 Å². The van der Waals surface area contributed by atoms with Gasteiger partial charge in [0.05, 0.1) is 23.7 Å². The molecule has 1 aliphatic carbocycles. The maximum Gasteiger partial charge on any atom is 0.435 e. The van der Waals surface area contributed by atoms with E-state index in [9.17, 15) is 36.6 Å². The third-order valence-electron chi connectivity index (χ3n) is 6.18. The molecule has 0 aliphatic heterocycles. The van der Waals surface area contributed by atoms with Crippen LogP contribution in [0.15, 0.2) is 35.5 Å². The molecule has 0 radical (unpaired) electrons. The van der Waals surface area contributed by atoms with Crippen LogP contribution in [-0.2, 0) is 18.9 Å². The van der Waals surface area contributed by atoms with Gasteiger partial charge in [-0.2, -0.15) is 31.4 Å². The number of rotatable bonds is 6. The molecule has 3 aromatic rings. The Hall–Kier alpha value is -3.06. The van der Waals surface area contributed by atoms with E-state index in [1.807, 2.05) is 0 Å². The zero-order valence-electron chi connectivity index (χ0n) is 20.9. The maximum absolute atomic E-state index is 13.6. The lowest BCUT2D eigenvalue weighted by atomic mass is 9.91.